The number of halogens is 1. The summed E-state index contributed by atoms with van der Waals surface area (Å²) in [5, 5.41) is 9.25. The summed E-state index contributed by atoms with van der Waals surface area (Å²) in [4.78, 5) is 12.3. The molecule has 1 fully saturated rings. The van der Waals surface area contributed by atoms with E-state index in [0.717, 1.165) is 29.5 Å². The van der Waals surface area contributed by atoms with E-state index in [1.807, 2.05) is 31.2 Å². The minimum atomic E-state index is -0.644. The summed E-state index contributed by atoms with van der Waals surface area (Å²) in [7, 11) is 0. The first-order valence-electron chi connectivity index (χ1n) is 6.93. The fourth-order valence-corrected chi connectivity index (χ4v) is 2.87. The number of Topliss-reactive ketones (excluding diaryl/α,β-unsaturated/α-hetero) is 1. The lowest BCUT2D eigenvalue weighted by Crippen LogP contribution is -2.33. The third-order valence-corrected chi connectivity index (χ3v) is 4.27. The summed E-state index contributed by atoms with van der Waals surface area (Å²) < 4.78 is 6.44. The molecule has 0 amide bonds. The average Bonchev–Trinajstić information content (AvgIpc) is 2.39. The van der Waals surface area contributed by atoms with Crippen LogP contribution in [0.4, 0.5) is 0 Å². The van der Waals surface area contributed by atoms with Crippen molar-refractivity contribution in [1.29, 1.82) is 5.26 Å². The maximum Gasteiger partial charge on any atom is 0.154 e. The van der Waals surface area contributed by atoms with Crippen LogP contribution in [0.5, 0.6) is 0 Å². The predicted molar refractivity (Wildman–Crippen MR) is 80.3 cm³/mol. The van der Waals surface area contributed by atoms with Gasteiger partial charge < -0.3 is 4.74 Å². The molecule has 1 aromatic rings. The van der Waals surface area contributed by atoms with Crippen LogP contribution in [0.15, 0.2) is 28.7 Å². The lowest BCUT2D eigenvalue weighted by atomic mass is 9.77. The highest BCUT2D eigenvalue weighted by Crippen LogP contribution is 2.34. The second-order valence-corrected chi connectivity index (χ2v) is 6.11. The molecule has 2 rings (SSSR count). The molecule has 0 aromatic heterocycles. The lowest BCUT2D eigenvalue weighted by molar-refractivity contribution is -0.122. The molecule has 1 saturated carbocycles. The largest absolute Gasteiger partial charge is 0.378 e. The van der Waals surface area contributed by atoms with Gasteiger partial charge in [0.05, 0.1) is 12.2 Å². The Balaban J connectivity index is 1.91. The van der Waals surface area contributed by atoms with Gasteiger partial charge in [0.25, 0.3) is 0 Å². The fraction of sp³-hybridized carbons (Fsp3) is 0.500. The Labute approximate surface area is 128 Å². The van der Waals surface area contributed by atoms with Crippen molar-refractivity contribution in [2.24, 2.45) is 5.92 Å². The summed E-state index contributed by atoms with van der Waals surface area (Å²) in [6.45, 7) is 2.71. The minimum absolute atomic E-state index is 0.0229. The number of ketones is 1. The quantitative estimate of drug-likeness (QED) is 0.793. The molecule has 106 valence electrons. The zero-order chi connectivity index (χ0) is 14.5. The number of hydrogen-bond acceptors (Lipinski definition) is 3. The SMILES string of the molecule is CCOC1CC(CC(=O)C(C#N)c2ccc(Br)cc2)C1. The number of ether oxygens (including phenoxy) is 1. The van der Waals surface area contributed by atoms with Gasteiger partial charge in [-0.1, -0.05) is 28.1 Å². The Hall–Kier alpha value is -1.18. The van der Waals surface area contributed by atoms with Gasteiger partial charge in [-0.15, -0.1) is 0 Å². The maximum atomic E-state index is 12.3. The number of hydrogen-bond donors (Lipinski definition) is 0. The molecular formula is C16H18BrNO2. The van der Waals surface area contributed by atoms with Gasteiger partial charge in [-0.25, -0.2) is 0 Å². The Bertz CT molecular complexity index is 500. The van der Waals surface area contributed by atoms with Gasteiger partial charge in [-0.2, -0.15) is 5.26 Å². The lowest BCUT2D eigenvalue weighted by Gasteiger charge is -2.34. The van der Waals surface area contributed by atoms with E-state index in [-0.39, 0.29) is 5.78 Å². The zero-order valence-electron chi connectivity index (χ0n) is 11.5. The van der Waals surface area contributed by atoms with Crippen LogP contribution in [0.2, 0.25) is 0 Å². The van der Waals surface area contributed by atoms with E-state index in [0.29, 0.717) is 18.4 Å². The highest BCUT2D eigenvalue weighted by molar-refractivity contribution is 9.10. The summed E-state index contributed by atoms with van der Waals surface area (Å²) in [6.07, 6.45) is 2.68. The monoisotopic (exact) mass is 335 g/mol. The normalized spacial score (nSPS) is 22.6. The first kappa shape index (κ1) is 15.2. The third-order valence-electron chi connectivity index (χ3n) is 3.74. The van der Waals surface area contributed by atoms with Crippen molar-refractivity contribution >= 4 is 21.7 Å². The molecule has 0 spiro atoms. The molecular weight excluding hydrogens is 318 g/mol. The van der Waals surface area contributed by atoms with E-state index < -0.39 is 5.92 Å². The molecule has 1 atom stereocenters. The van der Waals surface area contributed by atoms with Crippen molar-refractivity contribution in [1.82, 2.24) is 0 Å². The summed E-state index contributed by atoms with van der Waals surface area (Å²) in [5.41, 5.74) is 0.779. The van der Waals surface area contributed by atoms with Crippen molar-refractivity contribution in [3.63, 3.8) is 0 Å². The average molecular weight is 336 g/mol. The highest BCUT2D eigenvalue weighted by Gasteiger charge is 2.33. The topological polar surface area (TPSA) is 50.1 Å². The van der Waals surface area contributed by atoms with E-state index in [1.54, 1.807) is 0 Å². The first-order valence-corrected chi connectivity index (χ1v) is 7.72. The first-order chi connectivity index (χ1) is 9.63. The molecule has 3 nitrogen and oxygen atoms in total. The van der Waals surface area contributed by atoms with Crippen LogP contribution in [0.25, 0.3) is 0 Å². The van der Waals surface area contributed by atoms with E-state index in [4.69, 9.17) is 4.74 Å². The molecule has 0 saturated heterocycles. The minimum Gasteiger partial charge on any atom is -0.378 e. The maximum absolute atomic E-state index is 12.3. The van der Waals surface area contributed by atoms with Gasteiger partial charge >= 0.3 is 0 Å². The standard InChI is InChI=1S/C16H18BrNO2/c1-2-20-14-7-11(8-14)9-16(19)15(10-18)12-3-5-13(17)6-4-12/h3-6,11,14-15H,2,7-9H2,1H3. The van der Waals surface area contributed by atoms with Crippen molar-refractivity contribution in [3.8, 4) is 6.07 Å². The number of carbonyl (C=O) groups is 1. The number of carbonyl (C=O) groups excluding carboxylic acids is 1. The van der Waals surface area contributed by atoms with E-state index >= 15 is 0 Å². The Morgan fingerprint density at radius 1 is 1.45 bits per heavy atom. The molecule has 0 N–H and O–H groups in total. The van der Waals surface area contributed by atoms with Crippen LogP contribution in [-0.2, 0) is 9.53 Å². The van der Waals surface area contributed by atoms with Gasteiger partial charge in [-0.3, -0.25) is 4.79 Å². The van der Waals surface area contributed by atoms with Gasteiger partial charge in [0.15, 0.2) is 5.78 Å². The van der Waals surface area contributed by atoms with Crippen molar-refractivity contribution in [2.45, 2.75) is 38.2 Å². The second kappa shape index (κ2) is 7.01. The van der Waals surface area contributed by atoms with Gasteiger partial charge in [-0.05, 0) is 43.4 Å². The van der Waals surface area contributed by atoms with Gasteiger partial charge in [0.1, 0.15) is 5.92 Å². The second-order valence-electron chi connectivity index (χ2n) is 5.20. The number of rotatable bonds is 6. The van der Waals surface area contributed by atoms with E-state index in [2.05, 4.69) is 22.0 Å². The van der Waals surface area contributed by atoms with Crippen LogP contribution < -0.4 is 0 Å². The van der Waals surface area contributed by atoms with Crippen LogP contribution >= 0.6 is 15.9 Å². The molecule has 1 aromatic carbocycles. The zero-order valence-corrected chi connectivity index (χ0v) is 13.1. The van der Waals surface area contributed by atoms with Crippen LogP contribution in [0.1, 0.15) is 37.7 Å². The van der Waals surface area contributed by atoms with Gasteiger partial charge in [0.2, 0.25) is 0 Å². The summed E-state index contributed by atoms with van der Waals surface area (Å²) >= 11 is 3.35. The van der Waals surface area contributed by atoms with Crippen molar-refractivity contribution in [2.75, 3.05) is 6.61 Å². The molecule has 0 heterocycles. The highest BCUT2D eigenvalue weighted by atomic mass is 79.9. The predicted octanol–water partition coefficient (Wildman–Crippen LogP) is 3.83. The molecule has 4 heteroatoms. The summed E-state index contributed by atoms with van der Waals surface area (Å²) in [5.74, 6) is -0.241. The molecule has 1 aliphatic rings. The summed E-state index contributed by atoms with van der Waals surface area (Å²) in [6, 6.07) is 9.52. The Morgan fingerprint density at radius 3 is 2.65 bits per heavy atom. The Morgan fingerprint density at radius 2 is 2.10 bits per heavy atom. The number of nitrogens with zero attached hydrogens (tertiary/aromatic N) is 1. The molecule has 20 heavy (non-hydrogen) atoms. The molecule has 0 radical (unpaired) electrons. The van der Waals surface area contributed by atoms with Gasteiger partial charge in [0, 0.05) is 17.5 Å². The Kier molecular flexibility index (Phi) is 5.33. The smallest absolute Gasteiger partial charge is 0.154 e. The molecule has 1 unspecified atom stereocenters. The molecule has 1 aliphatic carbocycles. The van der Waals surface area contributed by atoms with Crippen LogP contribution in [-0.4, -0.2) is 18.5 Å². The van der Waals surface area contributed by atoms with E-state index in [1.165, 1.54) is 0 Å². The molecule has 0 bridgehead atoms. The number of nitriles is 1. The number of benzene rings is 1. The third kappa shape index (κ3) is 3.68. The van der Waals surface area contributed by atoms with Crippen LogP contribution in [0, 0.1) is 17.2 Å². The van der Waals surface area contributed by atoms with Crippen LogP contribution in [0.3, 0.4) is 0 Å². The molecule has 0 aliphatic heterocycles. The fourth-order valence-electron chi connectivity index (χ4n) is 2.60. The van der Waals surface area contributed by atoms with E-state index in [9.17, 15) is 10.1 Å². The van der Waals surface area contributed by atoms with Crippen molar-refractivity contribution in [3.05, 3.63) is 34.3 Å². The van der Waals surface area contributed by atoms with Crippen molar-refractivity contribution < 1.29 is 9.53 Å².